The molecular weight excluding hydrogens is 340 g/mol. The largest absolute Gasteiger partial charge is 0.494 e. The minimum Gasteiger partial charge on any atom is -0.423 e. The van der Waals surface area contributed by atoms with Crippen molar-refractivity contribution in [2.24, 2.45) is 0 Å². The van der Waals surface area contributed by atoms with Crippen LogP contribution >= 0.6 is 15.9 Å². The van der Waals surface area contributed by atoms with Gasteiger partial charge in [0.15, 0.2) is 0 Å². The van der Waals surface area contributed by atoms with E-state index in [0.29, 0.717) is 17.6 Å². The van der Waals surface area contributed by atoms with Crippen LogP contribution in [0.25, 0.3) is 0 Å². The van der Waals surface area contributed by atoms with Crippen LogP contribution in [0.15, 0.2) is 22.7 Å². The van der Waals surface area contributed by atoms with E-state index >= 15 is 0 Å². The van der Waals surface area contributed by atoms with Gasteiger partial charge < -0.3 is 14.8 Å². The number of nitrogens with zero attached hydrogens (tertiary/aromatic N) is 1. The quantitative estimate of drug-likeness (QED) is 0.618. The van der Waals surface area contributed by atoms with Gasteiger partial charge in [-0.2, -0.15) is 0 Å². The molecule has 7 heteroatoms. The lowest BCUT2D eigenvalue weighted by atomic mass is 9.79. The van der Waals surface area contributed by atoms with Gasteiger partial charge in [0, 0.05) is 29.6 Å². The maximum Gasteiger partial charge on any atom is 0.494 e. The summed E-state index contributed by atoms with van der Waals surface area (Å²) in [5.41, 5.74) is 0.125. The number of benzene rings is 1. The zero-order chi connectivity index (χ0) is 15.7. The van der Waals surface area contributed by atoms with Gasteiger partial charge >= 0.3 is 7.12 Å². The molecule has 0 spiro atoms. The summed E-state index contributed by atoms with van der Waals surface area (Å²) in [6.45, 7) is 4.52. The van der Waals surface area contributed by atoms with Crippen LogP contribution in [0, 0.1) is 5.82 Å². The average Bonchev–Trinajstić information content (AvgIpc) is 2.44. The summed E-state index contributed by atoms with van der Waals surface area (Å²) in [5, 5.41) is 18.9. The fourth-order valence-electron chi connectivity index (χ4n) is 1.94. The molecule has 0 saturated carbocycles. The number of aliphatic hydroxyl groups excluding tert-OH is 1. The normalized spacial score (nSPS) is 11.1. The Labute approximate surface area is 134 Å². The molecule has 0 aromatic heterocycles. The summed E-state index contributed by atoms with van der Waals surface area (Å²) >= 11 is 3.17. The molecule has 0 fully saturated rings. The van der Waals surface area contributed by atoms with Crippen LogP contribution in [0.3, 0.4) is 0 Å². The van der Waals surface area contributed by atoms with Crippen molar-refractivity contribution in [3.05, 3.63) is 28.5 Å². The van der Waals surface area contributed by atoms with Gasteiger partial charge in [-0.05, 0) is 25.1 Å². The molecule has 4 nitrogen and oxygen atoms in total. The van der Waals surface area contributed by atoms with Crippen LogP contribution in [0.2, 0.25) is 0 Å². The maximum atomic E-state index is 13.7. The third kappa shape index (κ3) is 6.89. The molecule has 1 aromatic rings. The molecule has 0 saturated heterocycles. The Morgan fingerprint density at radius 1 is 1.33 bits per heavy atom. The highest BCUT2D eigenvalue weighted by molar-refractivity contribution is 9.10. The van der Waals surface area contributed by atoms with Crippen LogP contribution in [0.1, 0.15) is 19.8 Å². The standard InChI is InChI=1S/C14H22BBrFNO3/c1-2-3-6-18(7-9-19)8-10-21-15(20)13-5-4-12(16)11-14(13)17/h4-5,11,19-20H,2-3,6-10H2,1H3. The summed E-state index contributed by atoms with van der Waals surface area (Å²) < 4.78 is 19.6. The van der Waals surface area contributed by atoms with Gasteiger partial charge in [-0.25, -0.2) is 4.39 Å². The Hall–Kier alpha value is -0.465. The highest BCUT2D eigenvalue weighted by Crippen LogP contribution is 2.09. The van der Waals surface area contributed by atoms with Gasteiger partial charge in [-0.1, -0.05) is 35.3 Å². The molecule has 0 amide bonds. The van der Waals surface area contributed by atoms with Crippen molar-refractivity contribution in [3.8, 4) is 0 Å². The zero-order valence-corrected chi connectivity index (χ0v) is 13.9. The molecule has 118 valence electrons. The number of hydrogen-bond acceptors (Lipinski definition) is 4. The Kier molecular flexibility index (Phi) is 9.11. The number of halogens is 2. The van der Waals surface area contributed by atoms with Gasteiger partial charge in [0.2, 0.25) is 0 Å². The fourth-order valence-corrected chi connectivity index (χ4v) is 2.28. The van der Waals surface area contributed by atoms with Crippen molar-refractivity contribution in [3.63, 3.8) is 0 Å². The van der Waals surface area contributed by atoms with Gasteiger partial charge in [0.05, 0.1) is 6.61 Å². The van der Waals surface area contributed by atoms with E-state index in [4.69, 9.17) is 9.76 Å². The second-order valence-electron chi connectivity index (χ2n) is 4.81. The molecule has 0 heterocycles. The summed E-state index contributed by atoms with van der Waals surface area (Å²) in [6.07, 6.45) is 2.12. The first-order chi connectivity index (χ1) is 10.1. The summed E-state index contributed by atoms with van der Waals surface area (Å²) in [6, 6.07) is 4.44. The van der Waals surface area contributed by atoms with Crippen LogP contribution < -0.4 is 5.46 Å². The first kappa shape index (κ1) is 18.6. The number of rotatable bonds is 10. The van der Waals surface area contributed by atoms with E-state index in [1.54, 1.807) is 6.07 Å². The third-order valence-corrected chi connectivity index (χ3v) is 3.65. The van der Waals surface area contributed by atoms with E-state index in [2.05, 4.69) is 27.8 Å². The number of hydrogen-bond donors (Lipinski definition) is 2. The van der Waals surface area contributed by atoms with Gasteiger partial charge in [-0.15, -0.1) is 0 Å². The lowest BCUT2D eigenvalue weighted by molar-refractivity contribution is 0.159. The van der Waals surface area contributed by atoms with Crippen LogP contribution in [-0.4, -0.2) is 55.0 Å². The van der Waals surface area contributed by atoms with Crippen molar-refractivity contribution < 1.29 is 19.2 Å². The second-order valence-corrected chi connectivity index (χ2v) is 5.72. The molecule has 2 N–H and O–H groups in total. The number of aliphatic hydroxyl groups is 1. The van der Waals surface area contributed by atoms with Crippen LogP contribution in [-0.2, 0) is 4.65 Å². The van der Waals surface area contributed by atoms with Gasteiger partial charge in [0.1, 0.15) is 5.82 Å². The van der Waals surface area contributed by atoms with Gasteiger partial charge in [0.25, 0.3) is 0 Å². The predicted molar refractivity (Wildman–Crippen MR) is 86.1 cm³/mol. The number of unbranched alkanes of at least 4 members (excludes halogenated alkanes) is 1. The predicted octanol–water partition coefficient (Wildman–Crippen LogP) is 1.39. The molecule has 0 aliphatic heterocycles. The smallest absolute Gasteiger partial charge is 0.423 e. The van der Waals surface area contributed by atoms with E-state index in [1.807, 2.05) is 0 Å². The van der Waals surface area contributed by atoms with Gasteiger partial charge in [-0.3, -0.25) is 4.90 Å². The van der Waals surface area contributed by atoms with E-state index in [-0.39, 0.29) is 18.7 Å². The van der Waals surface area contributed by atoms with Crippen LogP contribution in [0.5, 0.6) is 0 Å². The minimum atomic E-state index is -1.28. The second kappa shape index (κ2) is 10.3. The third-order valence-electron chi connectivity index (χ3n) is 3.16. The van der Waals surface area contributed by atoms with Crippen molar-refractivity contribution >= 4 is 28.5 Å². The van der Waals surface area contributed by atoms with Crippen molar-refractivity contribution in [2.45, 2.75) is 19.8 Å². The van der Waals surface area contributed by atoms with Crippen molar-refractivity contribution in [1.82, 2.24) is 4.90 Å². The summed E-state index contributed by atoms with van der Waals surface area (Å²) in [4.78, 5) is 2.06. The van der Waals surface area contributed by atoms with Crippen LogP contribution in [0.4, 0.5) is 4.39 Å². The Morgan fingerprint density at radius 3 is 2.71 bits per heavy atom. The maximum absolute atomic E-state index is 13.7. The zero-order valence-electron chi connectivity index (χ0n) is 12.3. The lowest BCUT2D eigenvalue weighted by Crippen LogP contribution is -2.39. The average molecular weight is 362 g/mol. The highest BCUT2D eigenvalue weighted by atomic mass is 79.9. The monoisotopic (exact) mass is 361 g/mol. The van der Waals surface area contributed by atoms with E-state index in [1.165, 1.54) is 12.1 Å². The summed E-state index contributed by atoms with van der Waals surface area (Å²) in [5.74, 6) is -0.505. The first-order valence-corrected chi connectivity index (χ1v) is 7.95. The topological polar surface area (TPSA) is 52.9 Å². The van der Waals surface area contributed by atoms with E-state index < -0.39 is 12.9 Å². The molecular formula is C14H22BBrFNO3. The van der Waals surface area contributed by atoms with Crippen molar-refractivity contribution in [1.29, 1.82) is 0 Å². The minimum absolute atomic E-state index is 0.0909. The van der Waals surface area contributed by atoms with E-state index in [9.17, 15) is 9.41 Å². The molecule has 0 radical (unpaired) electrons. The molecule has 1 rings (SSSR count). The SMILES string of the molecule is CCCCN(CCO)CCOB(O)c1ccc(Br)cc1F. The molecule has 21 heavy (non-hydrogen) atoms. The Bertz CT molecular complexity index is 425. The first-order valence-electron chi connectivity index (χ1n) is 7.16. The molecule has 0 aliphatic carbocycles. The van der Waals surface area contributed by atoms with Crippen molar-refractivity contribution in [2.75, 3.05) is 32.8 Å². The Balaban J connectivity index is 2.42. The Morgan fingerprint density at radius 2 is 2.10 bits per heavy atom. The molecule has 0 bridgehead atoms. The fraction of sp³-hybridized carbons (Fsp3) is 0.571. The molecule has 1 aromatic carbocycles. The van der Waals surface area contributed by atoms with E-state index in [0.717, 1.165) is 19.4 Å². The summed E-state index contributed by atoms with van der Waals surface area (Å²) in [7, 11) is -1.28. The molecule has 0 unspecified atom stereocenters. The lowest BCUT2D eigenvalue weighted by Gasteiger charge is -2.21. The highest BCUT2D eigenvalue weighted by Gasteiger charge is 2.21. The molecule has 0 aliphatic rings. The molecule has 0 atom stereocenters.